The van der Waals surface area contributed by atoms with Crippen molar-refractivity contribution in [2.75, 3.05) is 6.54 Å². The minimum Gasteiger partial charge on any atom is -0.309 e. The molecule has 0 saturated heterocycles. The molecule has 0 bridgehead atoms. The Labute approximate surface area is 113 Å². The van der Waals surface area contributed by atoms with E-state index in [9.17, 15) is 0 Å². The standard InChI is InChI=1S/C13H24BrN3/c1-5-7-15-12(8-10(3)6-2)13-11(14)9-16-17(13)4/h9-10,12,15H,5-8H2,1-4H3. The van der Waals surface area contributed by atoms with Crippen molar-refractivity contribution in [3.05, 3.63) is 16.4 Å². The average molecular weight is 302 g/mol. The second-order valence-corrected chi connectivity index (χ2v) is 5.61. The summed E-state index contributed by atoms with van der Waals surface area (Å²) in [5.41, 5.74) is 1.26. The Balaban J connectivity index is 2.81. The number of aromatic nitrogens is 2. The van der Waals surface area contributed by atoms with E-state index in [0.717, 1.165) is 29.8 Å². The topological polar surface area (TPSA) is 29.9 Å². The molecule has 98 valence electrons. The zero-order valence-corrected chi connectivity index (χ0v) is 12.9. The summed E-state index contributed by atoms with van der Waals surface area (Å²) in [6.07, 6.45) is 5.42. The van der Waals surface area contributed by atoms with Crippen molar-refractivity contribution in [3.8, 4) is 0 Å². The molecule has 2 atom stereocenters. The first-order valence-electron chi connectivity index (χ1n) is 6.50. The smallest absolute Gasteiger partial charge is 0.0692 e. The first kappa shape index (κ1) is 14.7. The van der Waals surface area contributed by atoms with E-state index >= 15 is 0 Å². The predicted octanol–water partition coefficient (Wildman–Crippen LogP) is 3.66. The summed E-state index contributed by atoms with van der Waals surface area (Å²) < 4.78 is 3.08. The van der Waals surface area contributed by atoms with Gasteiger partial charge in [0.2, 0.25) is 0 Å². The van der Waals surface area contributed by atoms with Gasteiger partial charge in [0, 0.05) is 7.05 Å². The maximum atomic E-state index is 4.31. The highest BCUT2D eigenvalue weighted by Gasteiger charge is 2.19. The number of halogens is 1. The molecule has 2 unspecified atom stereocenters. The molecule has 0 aliphatic heterocycles. The lowest BCUT2D eigenvalue weighted by Crippen LogP contribution is -2.26. The van der Waals surface area contributed by atoms with Crippen LogP contribution in [0.3, 0.4) is 0 Å². The molecule has 1 aromatic rings. The predicted molar refractivity (Wildman–Crippen MR) is 76.0 cm³/mol. The Morgan fingerprint density at radius 1 is 1.47 bits per heavy atom. The molecule has 0 amide bonds. The lowest BCUT2D eigenvalue weighted by atomic mass is 9.97. The molecule has 0 fully saturated rings. The van der Waals surface area contributed by atoms with Crippen LogP contribution in [0.5, 0.6) is 0 Å². The van der Waals surface area contributed by atoms with Gasteiger partial charge in [0.25, 0.3) is 0 Å². The maximum Gasteiger partial charge on any atom is 0.0692 e. The first-order valence-corrected chi connectivity index (χ1v) is 7.30. The van der Waals surface area contributed by atoms with Crippen LogP contribution >= 0.6 is 15.9 Å². The first-order chi connectivity index (χ1) is 8.10. The highest BCUT2D eigenvalue weighted by Crippen LogP contribution is 2.28. The molecule has 0 aliphatic rings. The minimum absolute atomic E-state index is 0.395. The zero-order valence-electron chi connectivity index (χ0n) is 11.3. The summed E-state index contributed by atoms with van der Waals surface area (Å²) in [4.78, 5) is 0. The Morgan fingerprint density at radius 2 is 2.18 bits per heavy atom. The van der Waals surface area contributed by atoms with Gasteiger partial charge in [-0.05, 0) is 41.2 Å². The van der Waals surface area contributed by atoms with Crippen LogP contribution in [-0.2, 0) is 7.05 Å². The van der Waals surface area contributed by atoms with E-state index in [2.05, 4.69) is 47.1 Å². The Morgan fingerprint density at radius 3 is 2.65 bits per heavy atom. The monoisotopic (exact) mass is 301 g/mol. The number of rotatable bonds is 7. The van der Waals surface area contributed by atoms with Gasteiger partial charge in [-0.15, -0.1) is 0 Å². The van der Waals surface area contributed by atoms with Gasteiger partial charge in [0.15, 0.2) is 0 Å². The Kier molecular flexibility index (Phi) is 6.20. The van der Waals surface area contributed by atoms with Gasteiger partial charge < -0.3 is 5.32 Å². The molecule has 0 aliphatic carbocycles. The fraction of sp³-hybridized carbons (Fsp3) is 0.769. The van der Waals surface area contributed by atoms with Crippen LogP contribution in [0.1, 0.15) is 51.8 Å². The third-order valence-electron chi connectivity index (χ3n) is 3.24. The SMILES string of the molecule is CCCNC(CC(C)CC)c1c(Br)cnn1C. The molecular weight excluding hydrogens is 278 g/mol. The van der Waals surface area contributed by atoms with Crippen molar-refractivity contribution in [3.63, 3.8) is 0 Å². The minimum atomic E-state index is 0.395. The van der Waals surface area contributed by atoms with Gasteiger partial charge in [-0.25, -0.2) is 0 Å². The third-order valence-corrected chi connectivity index (χ3v) is 3.85. The van der Waals surface area contributed by atoms with Gasteiger partial charge in [-0.2, -0.15) is 5.10 Å². The number of nitrogens with one attached hydrogen (secondary N) is 1. The molecule has 0 aromatic carbocycles. The van der Waals surface area contributed by atoms with Gasteiger partial charge in [0.1, 0.15) is 0 Å². The van der Waals surface area contributed by atoms with Crippen molar-refractivity contribution >= 4 is 15.9 Å². The normalized spacial score (nSPS) is 14.9. The Hall–Kier alpha value is -0.350. The van der Waals surface area contributed by atoms with Crippen LogP contribution < -0.4 is 5.32 Å². The van der Waals surface area contributed by atoms with E-state index in [1.165, 1.54) is 12.1 Å². The lowest BCUT2D eigenvalue weighted by molar-refractivity contribution is 0.385. The van der Waals surface area contributed by atoms with E-state index < -0.39 is 0 Å². The molecule has 1 aromatic heterocycles. The molecular formula is C13H24BrN3. The van der Waals surface area contributed by atoms with Crippen LogP contribution in [-0.4, -0.2) is 16.3 Å². The van der Waals surface area contributed by atoms with Crippen molar-refractivity contribution in [1.29, 1.82) is 0 Å². The van der Waals surface area contributed by atoms with E-state index in [0.29, 0.717) is 6.04 Å². The number of nitrogens with zero attached hydrogens (tertiary/aromatic N) is 2. The van der Waals surface area contributed by atoms with E-state index in [-0.39, 0.29) is 0 Å². The van der Waals surface area contributed by atoms with Crippen molar-refractivity contribution in [2.45, 2.75) is 46.1 Å². The van der Waals surface area contributed by atoms with Crippen LogP contribution in [0.15, 0.2) is 10.7 Å². The highest BCUT2D eigenvalue weighted by molar-refractivity contribution is 9.10. The summed E-state index contributed by atoms with van der Waals surface area (Å²) in [5.74, 6) is 0.728. The van der Waals surface area contributed by atoms with E-state index in [1.807, 2.05) is 17.9 Å². The molecule has 0 spiro atoms. The second kappa shape index (κ2) is 7.17. The molecule has 1 heterocycles. The Bertz CT molecular complexity index is 316. The largest absolute Gasteiger partial charge is 0.309 e. The van der Waals surface area contributed by atoms with Gasteiger partial charge in [-0.1, -0.05) is 27.2 Å². The van der Waals surface area contributed by atoms with Gasteiger partial charge in [-0.3, -0.25) is 4.68 Å². The van der Waals surface area contributed by atoms with Gasteiger partial charge in [0.05, 0.1) is 22.4 Å². The molecule has 17 heavy (non-hydrogen) atoms. The number of hydrogen-bond donors (Lipinski definition) is 1. The molecule has 1 N–H and O–H groups in total. The molecule has 0 radical (unpaired) electrons. The summed E-state index contributed by atoms with van der Waals surface area (Å²) in [5, 5.41) is 7.94. The summed E-state index contributed by atoms with van der Waals surface area (Å²) in [7, 11) is 2.01. The highest BCUT2D eigenvalue weighted by atomic mass is 79.9. The molecule has 3 nitrogen and oxygen atoms in total. The van der Waals surface area contributed by atoms with Crippen molar-refractivity contribution in [2.24, 2.45) is 13.0 Å². The van der Waals surface area contributed by atoms with Crippen LogP contribution in [0.2, 0.25) is 0 Å². The van der Waals surface area contributed by atoms with E-state index in [4.69, 9.17) is 0 Å². The summed E-state index contributed by atoms with van der Waals surface area (Å²) >= 11 is 3.60. The number of hydrogen-bond acceptors (Lipinski definition) is 2. The fourth-order valence-corrected chi connectivity index (χ4v) is 2.62. The average Bonchev–Trinajstić information content (AvgIpc) is 2.64. The molecule has 4 heteroatoms. The third kappa shape index (κ3) is 4.11. The van der Waals surface area contributed by atoms with Crippen molar-refractivity contribution in [1.82, 2.24) is 15.1 Å². The molecule has 0 saturated carbocycles. The number of aryl methyl sites for hydroxylation is 1. The second-order valence-electron chi connectivity index (χ2n) is 4.76. The molecule has 1 rings (SSSR count). The fourth-order valence-electron chi connectivity index (χ4n) is 1.99. The lowest BCUT2D eigenvalue weighted by Gasteiger charge is -2.22. The van der Waals surface area contributed by atoms with Gasteiger partial charge >= 0.3 is 0 Å². The van der Waals surface area contributed by atoms with Crippen LogP contribution in [0.25, 0.3) is 0 Å². The maximum absolute atomic E-state index is 4.31. The van der Waals surface area contributed by atoms with Crippen LogP contribution in [0, 0.1) is 5.92 Å². The van der Waals surface area contributed by atoms with E-state index in [1.54, 1.807) is 0 Å². The van der Waals surface area contributed by atoms with Crippen molar-refractivity contribution < 1.29 is 0 Å². The zero-order chi connectivity index (χ0) is 12.8. The van der Waals surface area contributed by atoms with Crippen LogP contribution in [0.4, 0.5) is 0 Å². The summed E-state index contributed by atoms with van der Waals surface area (Å²) in [6.45, 7) is 7.81. The quantitative estimate of drug-likeness (QED) is 0.833. The summed E-state index contributed by atoms with van der Waals surface area (Å²) in [6, 6.07) is 0.395.